The van der Waals surface area contributed by atoms with Gasteiger partial charge >= 0.3 is 0 Å². The molecule has 0 spiro atoms. The van der Waals surface area contributed by atoms with Crippen LogP contribution < -0.4 is 10.1 Å². The predicted octanol–water partition coefficient (Wildman–Crippen LogP) is 4.59. The van der Waals surface area contributed by atoms with Gasteiger partial charge in [0.2, 0.25) is 5.91 Å². The molecule has 2 unspecified atom stereocenters. The highest BCUT2D eigenvalue weighted by Crippen LogP contribution is 2.29. The number of halogens is 1. The Labute approximate surface area is 208 Å². The van der Waals surface area contributed by atoms with E-state index < -0.39 is 17.8 Å². The van der Waals surface area contributed by atoms with E-state index in [0.717, 1.165) is 5.52 Å². The molecule has 2 amide bonds. The maximum atomic E-state index is 13.8. The molecule has 1 heterocycles. The third kappa shape index (κ3) is 5.35. The van der Waals surface area contributed by atoms with Gasteiger partial charge in [-0.1, -0.05) is 36.4 Å². The lowest BCUT2D eigenvalue weighted by Crippen LogP contribution is -2.47. The van der Waals surface area contributed by atoms with Crippen molar-refractivity contribution in [1.82, 2.24) is 19.9 Å². The number of rotatable bonds is 9. The molecular weight excluding hydrogens is 461 g/mol. The number of nitrogens with one attached hydrogen (secondary N) is 1. The maximum absolute atomic E-state index is 13.8. The standard InChI is InChI=1S/C27H28FN5O3/c1-4-18(2)33(25(34)17-32-24-8-6-5-7-23(24)30-31-32)26(19-9-15-22(36-3)16-10-19)27(35)29-21-13-11-20(28)12-14-21/h5-16,18,26H,4,17H2,1-3H3,(H,29,35). The van der Waals surface area contributed by atoms with Crippen LogP contribution >= 0.6 is 0 Å². The Morgan fingerprint density at radius 1 is 1.06 bits per heavy atom. The fraction of sp³-hybridized carbons (Fsp3) is 0.259. The van der Waals surface area contributed by atoms with Gasteiger partial charge in [0.1, 0.15) is 29.7 Å². The van der Waals surface area contributed by atoms with Crippen LogP contribution in [-0.2, 0) is 16.1 Å². The zero-order valence-corrected chi connectivity index (χ0v) is 20.4. The minimum absolute atomic E-state index is 0.0820. The summed E-state index contributed by atoms with van der Waals surface area (Å²) in [6.45, 7) is 3.78. The molecule has 36 heavy (non-hydrogen) atoms. The lowest BCUT2D eigenvalue weighted by atomic mass is 10.0. The highest BCUT2D eigenvalue weighted by atomic mass is 19.1. The summed E-state index contributed by atoms with van der Waals surface area (Å²) in [6.07, 6.45) is 0.625. The quantitative estimate of drug-likeness (QED) is 0.372. The molecule has 9 heteroatoms. The Kier molecular flexibility index (Phi) is 7.58. The van der Waals surface area contributed by atoms with Crippen LogP contribution in [-0.4, -0.2) is 44.9 Å². The molecule has 0 aliphatic rings. The fourth-order valence-corrected chi connectivity index (χ4v) is 4.05. The van der Waals surface area contributed by atoms with Crippen molar-refractivity contribution in [2.75, 3.05) is 12.4 Å². The van der Waals surface area contributed by atoms with Gasteiger partial charge in [0.05, 0.1) is 12.6 Å². The smallest absolute Gasteiger partial charge is 0.251 e. The number of carbonyl (C=O) groups is 2. The molecule has 0 saturated heterocycles. The summed E-state index contributed by atoms with van der Waals surface area (Å²) in [7, 11) is 1.56. The van der Waals surface area contributed by atoms with E-state index in [9.17, 15) is 14.0 Å². The summed E-state index contributed by atoms with van der Waals surface area (Å²) in [5.41, 5.74) is 2.46. The molecule has 4 rings (SSSR count). The van der Waals surface area contributed by atoms with Gasteiger partial charge in [0.25, 0.3) is 5.91 Å². The molecule has 2 atom stereocenters. The van der Waals surface area contributed by atoms with Gasteiger partial charge in [0.15, 0.2) is 0 Å². The number of para-hydroxylation sites is 1. The van der Waals surface area contributed by atoms with E-state index in [0.29, 0.717) is 28.9 Å². The molecule has 0 fully saturated rings. The van der Waals surface area contributed by atoms with Crippen molar-refractivity contribution in [3.63, 3.8) is 0 Å². The van der Waals surface area contributed by atoms with Crippen molar-refractivity contribution in [1.29, 1.82) is 0 Å². The van der Waals surface area contributed by atoms with Gasteiger partial charge in [-0.2, -0.15) is 0 Å². The van der Waals surface area contributed by atoms with Crippen LogP contribution in [0.25, 0.3) is 11.0 Å². The molecule has 0 saturated carbocycles. The number of methoxy groups -OCH3 is 1. The van der Waals surface area contributed by atoms with Crippen molar-refractivity contribution < 1.29 is 18.7 Å². The Bertz CT molecular complexity index is 1340. The summed E-state index contributed by atoms with van der Waals surface area (Å²) in [4.78, 5) is 29.0. The minimum Gasteiger partial charge on any atom is -0.497 e. The van der Waals surface area contributed by atoms with Crippen molar-refractivity contribution in [2.45, 2.75) is 38.9 Å². The van der Waals surface area contributed by atoms with Gasteiger partial charge in [-0.25, -0.2) is 9.07 Å². The Balaban J connectivity index is 1.71. The zero-order valence-electron chi connectivity index (χ0n) is 20.4. The number of carbonyl (C=O) groups excluding carboxylic acids is 2. The SMILES string of the molecule is CCC(C)N(C(=O)Cn1nnc2ccccc21)C(C(=O)Nc1ccc(F)cc1)c1ccc(OC)cc1. The molecule has 4 aromatic rings. The Hall–Kier alpha value is -4.27. The average molecular weight is 490 g/mol. The van der Waals surface area contributed by atoms with Gasteiger partial charge < -0.3 is 15.0 Å². The molecule has 1 N–H and O–H groups in total. The van der Waals surface area contributed by atoms with Crippen LogP contribution in [0.2, 0.25) is 0 Å². The van der Waals surface area contributed by atoms with Crippen LogP contribution in [0.15, 0.2) is 72.8 Å². The van der Waals surface area contributed by atoms with Crippen LogP contribution in [0.3, 0.4) is 0 Å². The lowest BCUT2D eigenvalue weighted by Gasteiger charge is -2.36. The van der Waals surface area contributed by atoms with Crippen molar-refractivity contribution >= 4 is 28.5 Å². The first kappa shape index (κ1) is 24.8. The van der Waals surface area contributed by atoms with Gasteiger partial charge in [-0.05, 0) is 67.4 Å². The summed E-state index contributed by atoms with van der Waals surface area (Å²) in [5, 5.41) is 11.1. The third-order valence-electron chi connectivity index (χ3n) is 6.13. The van der Waals surface area contributed by atoms with Crippen LogP contribution in [0.1, 0.15) is 31.9 Å². The molecule has 3 aromatic carbocycles. The molecule has 0 radical (unpaired) electrons. The summed E-state index contributed by atoms with van der Waals surface area (Å²) >= 11 is 0. The molecule has 0 aliphatic heterocycles. The zero-order chi connectivity index (χ0) is 25.7. The first-order valence-electron chi connectivity index (χ1n) is 11.7. The average Bonchev–Trinajstić information content (AvgIpc) is 3.30. The van der Waals surface area contributed by atoms with Gasteiger partial charge in [-0.15, -0.1) is 5.10 Å². The number of benzene rings is 3. The first-order valence-corrected chi connectivity index (χ1v) is 11.7. The fourth-order valence-electron chi connectivity index (χ4n) is 4.05. The number of ether oxygens (including phenoxy) is 1. The van der Waals surface area contributed by atoms with Crippen LogP contribution in [0.5, 0.6) is 5.75 Å². The van der Waals surface area contributed by atoms with E-state index >= 15 is 0 Å². The highest BCUT2D eigenvalue weighted by molar-refractivity contribution is 5.98. The predicted molar refractivity (Wildman–Crippen MR) is 135 cm³/mol. The molecule has 186 valence electrons. The van der Waals surface area contributed by atoms with E-state index in [-0.39, 0.29) is 18.5 Å². The van der Waals surface area contributed by atoms with Crippen LogP contribution in [0, 0.1) is 5.82 Å². The second-order valence-corrected chi connectivity index (χ2v) is 8.47. The number of hydrogen-bond acceptors (Lipinski definition) is 5. The van der Waals surface area contributed by atoms with E-state index in [1.165, 1.54) is 28.9 Å². The normalized spacial score (nSPS) is 12.7. The second kappa shape index (κ2) is 11.0. The van der Waals surface area contributed by atoms with E-state index in [2.05, 4.69) is 15.6 Å². The molecule has 0 bridgehead atoms. The van der Waals surface area contributed by atoms with Crippen molar-refractivity contribution in [3.05, 3.63) is 84.2 Å². The van der Waals surface area contributed by atoms with E-state index in [4.69, 9.17) is 4.74 Å². The number of aromatic nitrogens is 3. The minimum atomic E-state index is -0.946. The summed E-state index contributed by atoms with van der Waals surface area (Å²) in [5.74, 6) is -0.470. The first-order chi connectivity index (χ1) is 17.4. The maximum Gasteiger partial charge on any atom is 0.251 e. The van der Waals surface area contributed by atoms with Gasteiger partial charge in [-0.3, -0.25) is 9.59 Å². The van der Waals surface area contributed by atoms with Gasteiger partial charge in [0, 0.05) is 11.7 Å². The monoisotopic (exact) mass is 489 g/mol. The molecule has 8 nitrogen and oxygen atoms in total. The second-order valence-electron chi connectivity index (χ2n) is 8.47. The number of amides is 2. The highest BCUT2D eigenvalue weighted by Gasteiger charge is 2.34. The van der Waals surface area contributed by atoms with Crippen LogP contribution in [0.4, 0.5) is 10.1 Å². The number of fused-ring (bicyclic) bond motifs is 1. The van der Waals surface area contributed by atoms with Crippen molar-refractivity contribution in [3.8, 4) is 5.75 Å². The number of hydrogen-bond donors (Lipinski definition) is 1. The third-order valence-corrected chi connectivity index (χ3v) is 6.13. The molecule has 1 aromatic heterocycles. The topological polar surface area (TPSA) is 89.4 Å². The van der Waals surface area contributed by atoms with E-state index in [1.807, 2.05) is 38.1 Å². The van der Waals surface area contributed by atoms with Crippen molar-refractivity contribution in [2.24, 2.45) is 0 Å². The summed E-state index contributed by atoms with van der Waals surface area (Å²) in [6, 6.07) is 18.7. The largest absolute Gasteiger partial charge is 0.497 e. The number of nitrogens with zero attached hydrogens (tertiary/aromatic N) is 4. The van der Waals surface area contributed by atoms with E-state index in [1.54, 1.807) is 36.3 Å². The Morgan fingerprint density at radius 2 is 1.75 bits per heavy atom. The number of anilines is 1. The lowest BCUT2D eigenvalue weighted by molar-refractivity contribution is -0.142. The Morgan fingerprint density at radius 3 is 2.42 bits per heavy atom. The summed E-state index contributed by atoms with van der Waals surface area (Å²) < 4.78 is 20.2. The molecular formula is C27H28FN5O3. The molecule has 0 aliphatic carbocycles.